The van der Waals surface area contributed by atoms with E-state index in [0.717, 1.165) is 12.8 Å². The third kappa shape index (κ3) is 6.23. The van der Waals surface area contributed by atoms with E-state index in [4.69, 9.17) is 14.2 Å². The van der Waals surface area contributed by atoms with Gasteiger partial charge in [0, 0.05) is 17.8 Å². The van der Waals surface area contributed by atoms with Gasteiger partial charge in [0.25, 0.3) is 0 Å². The molecule has 1 aliphatic carbocycles. The van der Waals surface area contributed by atoms with Gasteiger partial charge >= 0.3 is 6.03 Å². The first kappa shape index (κ1) is 25.5. The second-order valence-corrected chi connectivity index (χ2v) is 10.1. The first-order chi connectivity index (χ1) is 18.0. The number of nitrogens with one attached hydrogen (secondary N) is 2. The Morgan fingerprint density at radius 2 is 1.86 bits per heavy atom. The molecule has 0 unspecified atom stereocenters. The molecule has 4 atom stereocenters. The molecule has 0 bridgehead atoms. The van der Waals surface area contributed by atoms with Crippen LogP contribution in [0.15, 0.2) is 48.5 Å². The molecule has 3 aliphatic rings. The topological polar surface area (TPSA) is 109 Å². The number of ether oxygens (including phenoxy) is 3. The summed E-state index contributed by atoms with van der Waals surface area (Å²) in [5, 5.41) is 16.5. The van der Waals surface area contributed by atoms with Crippen LogP contribution in [-0.2, 0) is 27.1 Å². The van der Waals surface area contributed by atoms with E-state index < -0.39 is 6.10 Å². The maximum atomic E-state index is 13.3. The molecule has 2 fully saturated rings. The van der Waals surface area contributed by atoms with E-state index in [1.807, 2.05) is 12.1 Å². The van der Waals surface area contributed by atoms with Crippen molar-refractivity contribution >= 4 is 17.6 Å². The maximum absolute atomic E-state index is 13.3. The van der Waals surface area contributed by atoms with Crippen LogP contribution < -0.4 is 15.4 Å². The van der Waals surface area contributed by atoms with Crippen molar-refractivity contribution in [3.8, 4) is 5.75 Å². The lowest BCUT2D eigenvalue weighted by atomic mass is 9.95. The van der Waals surface area contributed by atoms with E-state index in [1.165, 1.54) is 11.1 Å². The normalized spacial score (nSPS) is 25.8. The molecule has 2 heterocycles. The third-order valence-corrected chi connectivity index (χ3v) is 7.39. The number of aliphatic hydroxyl groups excluding tert-OH is 1. The molecule has 0 spiro atoms. The van der Waals surface area contributed by atoms with Crippen molar-refractivity contribution < 1.29 is 28.9 Å². The average Bonchev–Trinajstić information content (AvgIpc) is 3.28. The van der Waals surface area contributed by atoms with Crippen molar-refractivity contribution in [2.24, 2.45) is 0 Å². The number of anilines is 1. The summed E-state index contributed by atoms with van der Waals surface area (Å²) in [7, 11) is 1.57. The number of fused-ring (bicyclic) bond motifs is 2. The molecular weight excluding hydrogens is 474 g/mol. The van der Waals surface area contributed by atoms with Gasteiger partial charge in [-0.05, 0) is 48.9 Å². The zero-order valence-electron chi connectivity index (χ0n) is 21.1. The highest BCUT2D eigenvalue weighted by Crippen LogP contribution is 2.29. The number of nitrogens with zero attached hydrogens (tertiary/aromatic N) is 1. The van der Waals surface area contributed by atoms with Crippen LogP contribution in [0.2, 0.25) is 0 Å². The minimum absolute atomic E-state index is 0.0175. The number of urea groups is 1. The van der Waals surface area contributed by atoms with Crippen molar-refractivity contribution in [2.75, 3.05) is 32.2 Å². The number of carbonyl (C=O) groups excluding carboxylic acids is 2. The summed E-state index contributed by atoms with van der Waals surface area (Å²) in [5.74, 6) is 0.622. The van der Waals surface area contributed by atoms with E-state index in [1.54, 1.807) is 36.3 Å². The number of aliphatic hydroxyl groups is 1. The van der Waals surface area contributed by atoms with Gasteiger partial charge in [-0.3, -0.25) is 4.79 Å². The Kier molecular flexibility index (Phi) is 7.93. The van der Waals surface area contributed by atoms with Crippen LogP contribution in [0.4, 0.5) is 10.5 Å². The summed E-state index contributed by atoms with van der Waals surface area (Å²) in [6.45, 7) is 0.497. The molecular formula is C28H35N3O6. The molecule has 2 aromatic carbocycles. The lowest BCUT2D eigenvalue weighted by Gasteiger charge is -2.44. The minimum atomic E-state index is -0.795. The molecule has 9 nitrogen and oxygen atoms in total. The molecule has 3 amide bonds. The molecule has 2 aromatic rings. The Labute approximate surface area is 217 Å². The molecule has 2 aliphatic heterocycles. The first-order valence-electron chi connectivity index (χ1n) is 13.0. The molecule has 0 aromatic heterocycles. The number of rotatable bonds is 5. The molecule has 198 valence electrons. The van der Waals surface area contributed by atoms with Gasteiger partial charge in [0.15, 0.2) is 0 Å². The molecule has 0 radical (unpaired) electrons. The Balaban J connectivity index is 1.19. The van der Waals surface area contributed by atoms with Crippen LogP contribution in [0.5, 0.6) is 5.75 Å². The van der Waals surface area contributed by atoms with E-state index in [2.05, 4.69) is 22.8 Å². The number of hydrogen-bond acceptors (Lipinski definition) is 6. The maximum Gasteiger partial charge on any atom is 0.322 e. The SMILES string of the molecule is COc1cccc(NC(=O)N2C[C@@H](O)COC[C@H]3O[C@@H](CC(=O)NC4Cc5ccccc5C4)CC[C@@H]32)c1. The van der Waals surface area contributed by atoms with Crippen LogP contribution >= 0.6 is 0 Å². The lowest BCUT2D eigenvalue weighted by Crippen LogP contribution is -2.58. The van der Waals surface area contributed by atoms with Crippen LogP contribution in [-0.4, -0.2) is 79.2 Å². The van der Waals surface area contributed by atoms with Gasteiger partial charge in [0.05, 0.1) is 51.5 Å². The van der Waals surface area contributed by atoms with Crippen LogP contribution in [0.25, 0.3) is 0 Å². The number of methoxy groups -OCH3 is 1. The number of benzene rings is 2. The highest BCUT2D eigenvalue weighted by molar-refractivity contribution is 5.90. The van der Waals surface area contributed by atoms with E-state index in [0.29, 0.717) is 24.3 Å². The number of carbonyl (C=O) groups is 2. The zero-order chi connectivity index (χ0) is 25.8. The second kappa shape index (κ2) is 11.5. The van der Waals surface area contributed by atoms with Gasteiger partial charge in [-0.1, -0.05) is 30.3 Å². The van der Waals surface area contributed by atoms with Gasteiger partial charge in [0.2, 0.25) is 5.91 Å². The molecule has 37 heavy (non-hydrogen) atoms. The Hall–Kier alpha value is -3.14. The van der Waals surface area contributed by atoms with Crippen molar-refractivity contribution in [3.05, 3.63) is 59.7 Å². The summed E-state index contributed by atoms with van der Waals surface area (Å²) in [5.41, 5.74) is 3.20. The van der Waals surface area contributed by atoms with Gasteiger partial charge < -0.3 is 34.9 Å². The smallest absolute Gasteiger partial charge is 0.322 e. The predicted octanol–water partition coefficient (Wildman–Crippen LogP) is 2.51. The molecule has 0 saturated carbocycles. The Bertz CT molecular complexity index is 1090. The monoisotopic (exact) mass is 509 g/mol. The summed E-state index contributed by atoms with van der Waals surface area (Å²) in [6, 6.07) is 15.0. The number of amides is 3. The van der Waals surface area contributed by atoms with Gasteiger partial charge in [-0.25, -0.2) is 4.79 Å². The summed E-state index contributed by atoms with van der Waals surface area (Å²) >= 11 is 0. The fraction of sp³-hybridized carbons (Fsp3) is 0.500. The predicted molar refractivity (Wildman–Crippen MR) is 138 cm³/mol. The van der Waals surface area contributed by atoms with Crippen LogP contribution in [0.3, 0.4) is 0 Å². The molecule has 2 saturated heterocycles. The van der Waals surface area contributed by atoms with Crippen molar-refractivity contribution in [1.29, 1.82) is 0 Å². The Morgan fingerprint density at radius 1 is 1.08 bits per heavy atom. The number of β-amino-alcohol motifs (C(OH)–C–C–N with tert-alkyl or cyclic N) is 1. The highest BCUT2D eigenvalue weighted by atomic mass is 16.5. The van der Waals surface area contributed by atoms with Gasteiger partial charge in [-0.2, -0.15) is 0 Å². The average molecular weight is 510 g/mol. The standard InChI is InChI=1S/C28H35N3O6/c1-35-23-8-4-7-20(13-23)30-28(34)31-15-22(32)16-36-17-26-25(31)10-9-24(37-26)14-27(33)29-21-11-18-5-2-3-6-19(18)12-21/h2-8,13,21-22,24-26,32H,9-12,14-17H2,1H3,(H,29,33)(H,30,34)/t22-,24-,25+,26-/m1/s1. The summed E-state index contributed by atoms with van der Waals surface area (Å²) in [4.78, 5) is 27.8. The van der Waals surface area contributed by atoms with Crippen molar-refractivity contribution in [2.45, 2.75) is 62.5 Å². The summed E-state index contributed by atoms with van der Waals surface area (Å²) < 4.78 is 17.2. The zero-order valence-corrected chi connectivity index (χ0v) is 21.1. The molecule has 3 N–H and O–H groups in total. The lowest BCUT2D eigenvalue weighted by molar-refractivity contribution is -0.150. The van der Waals surface area contributed by atoms with E-state index >= 15 is 0 Å². The van der Waals surface area contributed by atoms with E-state index in [9.17, 15) is 14.7 Å². The molecule has 9 heteroatoms. The first-order valence-corrected chi connectivity index (χ1v) is 13.0. The summed E-state index contributed by atoms with van der Waals surface area (Å²) in [6.07, 6.45) is 1.84. The van der Waals surface area contributed by atoms with E-state index in [-0.39, 0.29) is 62.4 Å². The fourth-order valence-corrected chi connectivity index (χ4v) is 5.62. The molecule has 5 rings (SSSR count). The van der Waals surface area contributed by atoms with Crippen LogP contribution in [0, 0.1) is 0 Å². The minimum Gasteiger partial charge on any atom is -0.497 e. The third-order valence-electron chi connectivity index (χ3n) is 7.39. The quantitative estimate of drug-likeness (QED) is 0.572. The fourth-order valence-electron chi connectivity index (χ4n) is 5.62. The second-order valence-electron chi connectivity index (χ2n) is 10.1. The van der Waals surface area contributed by atoms with Crippen molar-refractivity contribution in [1.82, 2.24) is 10.2 Å². The van der Waals surface area contributed by atoms with Crippen molar-refractivity contribution in [3.63, 3.8) is 0 Å². The largest absolute Gasteiger partial charge is 0.497 e. The Morgan fingerprint density at radius 3 is 2.62 bits per heavy atom. The van der Waals surface area contributed by atoms with Gasteiger partial charge in [0.1, 0.15) is 11.9 Å². The number of hydrogen-bond donors (Lipinski definition) is 3. The highest BCUT2D eigenvalue weighted by Gasteiger charge is 2.40. The van der Waals surface area contributed by atoms with Crippen LogP contribution in [0.1, 0.15) is 30.4 Å². The van der Waals surface area contributed by atoms with Gasteiger partial charge in [-0.15, -0.1) is 0 Å².